The van der Waals surface area contributed by atoms with Crippen LogP contribution in [0.4, 0.5) is 19.3 Å². The van der Waals surface area contributed by atoms with Crippen LogP contribution in [0.5, 0.6) is 5.88 Å². The molecule has 1 saturated heterocycles. The van der Waals surface area contributed by atoms with E-state index in [1.54, 1.807) is 12.1 Å². The number of carbonyl (C=O) groups is 1. The van der Waals surface area contributed by atoms with Crippen LogP contribution in [0, 0.1) is 11.6 Å². The van der Waals surface area contributed by atoms with Gasteiger partial charge < -0.3 is 15.0 Å². The number of halogens is 2. The molecule has 0 aliphatic carbocycles. The second kappa shape index (κ2) is 7.20. The van der Waals surface area contributed by atoms with Gasteiger partial charge in [-0.15, -0.1) is 5.10 Å². The van der Waals surface area contributed by atoms with Gasteiger partial charge in [0.15, 0.2) is 0 Å². The Morgan fingerprint density at radius 3 is 2.75 bits per heavy atom. The van der Waals surface area contributed by atoms with Gasteiger partial charge in [-0.25, -0.2) is 13.6 Å². The molecule has 1 unspecified atom stereocenters. The number of likely N-dealkylation sites (tertiary alicyclic amines) is 1. The molecule has 8 heteroatoms. The SMILES string of the molecule is O=C(Nc1c(F)cccc1F)N1CCCC(Oc2cccnn2)C1. The van der Waals surface area contributed by atoms with E-state index in [2.05, 4.69) is 15.5 Å². The number of ether oxygens (including phenoxy) is 1. The van der Waals surface area contributed by atoms with Crippen molar-refractivity contribution < 1.29 is 18.3 Å². The lowest BCUT2D eigenvalue weighted by Crippen LogP contribution is -2.46. The highest BCUT2D eigenvalue weighted by molar-refractivity contribution is 5.89. The van der Waals surface area contributed by atoms with Crippen molar-refractivity contribution in [3.05, 3.63) is 48.2 Å². The first-order chi connectivity index (χ1) is 11.6. The second-order valence-corrected chi connectivity index (χ2v) is 5.42. The summed E-state index contributed by atoms with van der Waals surface area (Å²) in [6.45, 7) is 0.792. The molecule has 1 aromatic heterocycles. The van der Waals surface area contributed by atoms with Crippen LogP contribution in [-0.4, -0.2) is 40.3 Å². The van der Waals surface area contributed by atoms with Gasteiger partial charge >= 0.3 is 6.03 Å². The van der Waals surface area contributed by atoms with E-state index >= 15 is 0 Å². The summed E-state index contributed by atoms with van der Waals surface area (Å²) in [6, 6.07) is 6.25. The zero-order chi connectivity index (χ0) is 16.9. The van der Waals surface area contributed by atoms with Crippen molar-refractivity contribution in [1.82, 2.24) is 15.1 Å². The largest absolute Gasteiger partial charge is 0.471 e. The molecule has 1 aromatic carbocycles. The van der Waals surface area contributed by atoms with Crippen LogP contribution in [0.3, 0.4) is 0 Å². The Bertz CT molecular complexity index is 694. The normalized spacial score (nSPS) is 17.4. The summed E-state index contributed by atoms with van der Waals surface area (Å²) >= 11 is 0. The number of nitrogens with zero attached hydrogens (tertiary/aromatic N) is 3. The van der Waals surface area contributed by atoms with Crippen LogP contribution >= 0.6 is 0 Å². The summed E-state index contributed by atoms with van der Waals surface area (Å²) in [4.78, 5) is 13.7. The van der Waals surface area contributed by atoms with Gasteiger partial charge in [-0.05, 0) is 31.0 Å². The molecular formula is C16H16F2N4O2. The number of nitrogens with one attached hydrogen (secondary N) is 1. The molecule has 1 atom stereocenters. The zero-order valence-electron chi connectivity index (χ0n) is 12.8. The molecule has 1 aliphatic rings. The second-order valence-electron chi connectivity index (χ2n) is 5.42. The third-order valence-electron chi connectivity index (χ3n) is 3.70. The predicted molar refractivity (Wildman–Crippen MR) is 82.6 cm³/mol. The fourth-order valence-corrected chi connectivity index (χ4v) is 2.54. The summed E-state index contributed by atoms with van der Waals surface area (Å²) in [5, 5.41) is 9.86. The van der Waals surface area contributed by atoms with Crippen molar-refractivity contribution in [2.24, 2.45) is 0 Å². The van der Waals surface area contributed by atoms with E-state index in [9.17, 15) is 13.6 Å². The van der Waals surface area contributed by atoms with E-state index in [1.165, 1.54) is 17.2 Å². The minimum atomic E-state index is -0.812. The number of anilines is 1. The quantitative estimate of drug-likeness (QED) is 0.937. The molecule has 0 spiro atoms. The van der Waals surface area contributed by atoms with Crippen molar-refractivity contribution in [2.75, 3.05) is 18.4 Å². The van der Waals surface area contributed by atoms with Crippen molar-refractivity contribution in [2.45, 2.75) is 18.9 Å². The molecule has 2 amide bonds. The van der Waals surface area contributed by atoms with Gasteiger partial charge in [0, 0.05) is 18.8 Å². The topological polar surface area (TPSA) is 67.4 Å². The maximum absolute atomic E-state index is 13.6. The summed E-state index contributed by atoms with van der Waals surface area (Å²) in [5.41, 5.74) is -0.445. The molecule has 3 rings (SSSR count). The monoisotopic (exact) mass is 334 g/mol. The predicted octanol–water partition coefficient (Wildman–Crippen LogP) is 2.83. The molecule has 1 aliphatic heterocycles. The van der Waals surface area contributed by atoms with Crippen molar-refractivity contribution in [1.29, 1.82) is 0 Å². The molecule has 24 heavy (non-hydrogen) atoms. The number of urea groups is 1. The molecule has 6 nitrogen and oxygen atoms in total. The van der Waals surface area contributed by atoms with Crippen molar-refractivity contribution in [3.8, 4) is 5.88 Å². The minimum absolute atomic E-state index is 0.244. The Morgan fingerprint density at radius 2 is 2.04 bits per heavy atom. The van der Waals surface area contributed by atoms with Gasteiger partial charge in [-0.1, -0.05) is 6.07 Å². The van der Waals surface area contributed by atoms with Crippen LogP contribution in [0.2, 0.25) is 0 Å². The molecule has 2 heterocycles. The van der Waals surface area contributed by atoms with Crippen LogP contribution in [0.1, 0.15) is 12.8 Å². The molecule has 126 valence electrons. The number of benzene rings is 1. The fraction of sp³-hybridized carbons (Fsp3) is 0.312. The number of amides is 2. The van der Waals surface area contributed by atoms with Crippen LogP contribution in [0.25, 0.3) is 0 Å². The zero-order valence-corrected chi connectivity index (χ0v) is 12.8. The van der Waals surface area contributed by atoms with E-state index in [-0.39, 0.29) is 6.10 Å². The Hall–Kier alpha value is -2.77. The van der Waals surface area contributed by atoms with Gasteiger partial charge in [0.2, 0.25) is 5.88 Å². The van der Waals surface area contributed by atoms with Crippen LogP contribution in [-0.2, 0) is 0 Å². The first-order valence-corrected chi connectivity index (χ1v) is 7.58. The van der Waals surface area contributed by atoms with E-state index < -0.39 is 23.4 Å². The van der Waals surface area contributed by atoms with E-state index in [0.29, 0.717) is 19.0 Å². The third kappa shape index (κ3) is 3.76. The number of aromatic nitrogens is 2. The first-order valence-electron chi connectivity index (χ1n) is 7.58. The Morgan fingerprint density at radius 1 is 1.25 bits per heavy atom. The van der Waals surface area contributed by atoms with Gasteiger partial charge in [-0.2, -0.15) is 5.10 Å². The Kier molecular flexibility index (Phi) is 4.83. The maximum atomic E-state index is 13.6. The van der Waals surface area contributed by atoms with Crippen molar-refractivity contribution in [3.63, 3.8) is 0 Å². The molecule has 1 N–H and O–H groups in total. The molecular weight excluding hydrogens is 318 g/mol. The van der Waals surface area contributed by atoms with Gasteiger partial charge in [-0.3, -0.25) is 0 Å². The lowest BCUT2D eigenvalue weighted by Gasteiger charge is -2.32. The van der Waals surface area contributed by atoms with Crippen molar-refractivity contribution >= 4 is 11.7 Å². The molecule has 2 aromatic rings. The highest BCUT2D eigenvalue weighted by Crippen LogP contribution is 2.20. The van der Waals surface area contributed by atoms with E-state index in [1.807, 2.05) is 0 Å². The average molecular weight is 334 g/mol. The standard InChI is InChI=1S/C16H16F2N4O2/c17-12-5-1-6-13(18)15(12)20-16(23)22-9-3-4-11(10-22)24-14-7-2-8-19-21-14/h1-2,5-8,11H,3-4,9-10H2,(H,20,23). The summed E-state index contributed by atoms with van der Waals surface area (Å²) < 4.78 is 32.9. The number of piperidine rings is 1. The molecule has 1 fully saturated rings. The lowest BCUT2D eigenvalue weighted by atomic mass is 10.1. The lowest BCUT2D eigenvalue weighted by molar-refractivity contribution is 0.102. The highest BCUT2D eigenvalue weighted by atomic mass is 19.1. The van der Waals surface area contributed by atoms with Crippen LogP contribution < -0.4 is 10.1 Å². The summed E-state index contributed by atoms with van der Waals surface area (Å²) in [6.07, 6.45) is 2.77. The van der Waals surface area contributed by atoms with Gasteiger partial charge in [0.05, 0.1) is 6.54 Å². The number of hydrogen-bond acceptors (Lipinski definition) is 4. The van der Waals surface area contributed by atoms with E-state index in [0.717, 1.165) is 25.0 Å². The average Bonchev–Trinajstić information content (AvgIpc) is 2.59. The Labute approximate surface area is 137 Å². The first kappa shape index (κ1) is 16.1. The maximum Gasteiger partial charge on any atom is 0.322 e. The number of hydrogen-bond donors (Lipinski definition) is 1. The fourth-order valence-electron chi connectivity index (χ4n) is 2.54. The van der Waals surface area contributed by atoms with E-state index in [4.69, 9.17) is 4.74 Å². The highest BCUT2D eigenvalue weighted by Gasteiger charge is 2.26. The minimum Gasteiger partial charge on any atom is -0.471 e. The number of carbonyl (C=O) groups excluding carboxylic acids is 1. The number of rotatable bonds is 3. The van der Waals surface area contributed by atoms with Gasteiger partial charge in [0.1, 0.15) is 23.4 Å². The van der Waals surface area contributed by atoms with Gasteiger partial charge in [0.25, 0.3) is 0 Å². The number of para-hydroxylation sites is 1. The molecule has 0 bridgehead atoms. The van der Waals surface area contributed by atoms with Crippen LogP contribution in [0.15, 0.2) is 36.5 Å². The molecule has 0 radical (unpaired) electrons. The molecule has 0 saturated carbocycles. The Balaban J connectivity index is 1.63. The summed E-state index contributed by atoms with van der Waals surface area (Å²) in [7, 11) is 0. The summed E-state index contributed by atoms with van der Waals surface area (Å²) in [5.74, 6) is -1.25. The third-order valence-corrected chi connectivity index (χ3v) is 3.70. The smallest absolute Gasteiger partial charge is 0.322 e.